The van der Waals surface area contributed by atoms with Gasteiger partial charge in [-0.05, 0) is 55.5 Å². The minimum absolute atomic E-state index is 0.0685. The Balaban J connectivity index is 1.67. The van der Waals surface area contributed by atoms with Crippen molar-refractivity contribution in [2.75, 3.05) is 11.9 Å². The van der Waals surface area contributed by atoms with Gasteiger partial charge in [-0.15, -0.1) is 11.3 Å². The maximum Gasteiger partial charge on any atom is 0.261 e. The first-order valence-electron chi connectivity index (χ1n) is 8.46. The van der Waals surface area contributed by atoms with Crippen molar-refractivity contribution in [3.8, 4) is 5.75 Å². The molecular formula is C19H24N2O3S. The number of thiophene rings is 1. The first-order chi connectivity index (χ1) is 12.1. The number of carbonyl (C=O) groups excluding carboxylic acids is 2. The van der Waals surface area contributed by atoms with Crippen LogP contribution < -0.4 is 15.4 Å². The van der Waals surface area contributed by atoms with Gasteiger partial charge in [0.1, 0.15) is 5.75 Å². The lowest BCUT2D eigenvalue weighted by Crippen LogP contribution is -2.24. The fourth-order valence-corrected chi connectivity index (χ4v) is 2.74. The van der Waals surface area contributed by atoms with Crippen LogP contribution in [0.5, 0.6) is 5.75 Å². The Morgan fingerprint density at radius 1 is 1.20 bits per heavy atom. The highest BCUT2D eigenvalue weighted by atomic mass is 32.1. The van der Waals surface area contributed by atoms with Crippen LogP contribution in [0.25, 0.3) is 0 Å². The third-order valence-electron chi connectivity index (χ3n) is 3.66. The molecule has 134 valence electrons. The van der Waals surface area contributed by atoms with Crippen molar-refractivity contribution in [3.05, 3.63) is 46.7 Å². The van der Waals surface area contributed by atoms with E-state index >= 15 is 0 Å². The number of hydrogen-bond acceptors (Lipinski definition) is 4. The summed E-state index contributed by atoms with van der Waals surface area (Å²) < 4.78 is 5.70. The fourth-order valence-electron chi connectivity index (χ4n) is 2.10. The van der Waals surface area contributed by atoms with Gasteiger partial charge in [0.15, 0.2) is 0 Å². The normalized spacial score (nSPS) is 11.6. The van der Waals surface area contributed by atoms with Crippen LogP contribution in [0.4, 0.5) is 5.69 Å². The highest BCUT2D eigenvalue weighted by Crippen LogP contribution is 2.18. The number of nitrogens with one attached hydrogen (secondary N) is 2. The molecule has 25 heavy (non-hydrogen) atoms. The van der Waals surface area contributed by atoms with Crippen LogP contribution in [0.2, 0.25) is 0 Å². The molecule has 0 bridgehead atoms. The van der Waals surface area contributed by atoms with Crippen molar-refractivity contribution < 1.29 is 14.3 Å². The van der Waals surface area contributed by atoms with Crippen molar-refractivity contribution in [2.24, 2.45) is 0 Å². The van der Waals surface area contributed by atoms with Crippen LogP contribution in [-0.2, 0) is 4.79 Å². The number of ether oxygens (including phenoxy) is 1. The molecule has 1 atom stereocenters. The minimum atomic E-state index is -0.0905. The molecule has 0 radical (unpaired) electrons. The van der Waals surface area contributed by atoms with E-state index in [-0.39, 0.29) is 17.9 Å². The molecule has 1 aromatic carbocycles. The first kappa shape index (κ1) is 19.0. The molecule has 2 aromatic rings. The summed E-state index contributed by atoms with van der Waals surface area (Å²) in [5.41, 5.74) is 0.740. The quantitative estimate of drug-likeness (QED) is 0.662. The van der Waals surface area contributed by atoms with Crippen molar-refractivity contribution in [1.82, 2.24) is 5.32 Å². The summed E-state index contributed by atoms with van der Waals surface area (Å²) in [5.74, 6) is 0.636. The predicted molar refractivity (Wildman–Crippen MR) is 101 cm³/mol. The second-order valence-corrected chi connectivity index (χ2v) is 6.69. The van der Waals surface area contributed by atoms with E-state index in [4.69, 9.17) is 4.74 Å². The van der Waals surface area contributed by atoms with Crippen molar-refractivity contribution in [3.63, 3.8) is 0 Å². The summed E-state index contributed by atoms with van der Waals surface area (Å²) in [5, 5.41) is 7.52. The Labute approximate surface area is 152 Å². The highest BCUT2D eigenvalue weighted by Gasteiger charge is 2.07. The number of hydrogen-bond donors (Lipinski definition) is 2. The van der Waals surface area contributed by atoms with Crippen LogP contribution in [0.3, 0.4) is 0 Å². The molecule has 2 N–H and O–H groups in total. The third kappa shape index (κ3) is 6.58. The van der Waals surface area contributed by atoms with Gasteiger partial charge >= 0.3 is 0 Å². The Morgan fingerprint density at radius 3 is 2.60 bits per heavy atom. The largest absolute Gasteiger partial charge is 0.491 e. The maximum atomic E-state index is 11.9. The van der Waals surface area contributed by atoms with E-state index in [0.717, 1.165) is 17.9 Å². The zero-order valence-electron chi connectivity index (χ0n) is 14.6. The van der Waals surface area contributed by atoms with Gasteiger partial charge in [-0.2, -0.15) is 0 Å². The summed E-state index contributed by atoms with van der Waals surface area (Å²) in [6, 6.07) is 11.0. The van der Waals surface area contributed by atoms with Gasteiger partial charge in [0.2, 0.25) is 5.91 Å². The SMILES string of the molecule is CCC(C)Oc1ccc(NC(=O)CCCNC(=O)c2cccs2)cc1. The number of benzene rings is 1. The molecule has 0 fully saturated rings. The first-order valence-corrected chi connectivity index (χ1v) is 9.34. The third-order valence-corrected chi connectivity index (χ3v) is 4.53. The molecule has 2 amide bonds. The van der Waals surface area contributed by atoms with Crippen molar-refractivity contribution in [2.45, 2.75) is 39.2 Å². The molecule has 1 aromatic heterocycles. The van der Waals surface area contributed by atoms with Gasteiger partial charge in [0.25, 0.3) is 5.91 Å². The Bertz CT molecular complexity index is 668. The van der Waals surface area contributed by atoms with Gasteiger partial charge in [0, 0.05) is 18.7 Å². The van der Waals surface area contributed by atoms with Gasteiger partial charge in [-0.25, -0.2) is 0 Å². The number of anilines is 1. The molecular weight excluding hydrogens is 336 g/mol. The maximum absolute atomic E-state index is 11.9. The van der Waals surface area contributed by atoms with E-state index < -0.39 is 0 Å². The summed E-state index contributed by atoms with van der Waals surface area (Å²) in [7, 11) is 0. The molecule has 0 aliphatic carbocycles. The van der Waals surface area contributed by atoms with Crippen molar-refractivity contribution >= 4 is 28.8 Å². The zero-order chi connectivity index (χ0) is 18.1. The fraction of sp³-hybridized carbons (Fsp3) is 0.368. The molecule has 0 spiro atoms. The predicted octanol–water partition coefficient (Wildman–Crippen LogP) is 4.07. The molecule has 1 unspecified atom stereocenters. The van der Waals surface area contributed by atoms with E-state index in [1.165, 1.54) is 11.3 Å². The summed E-state index contributed by atoms with van der Waals surface area (Å²) in [6.07, 6.45) is 2.07. The van der Waals surface area contributed by atoms with Gasteiger partial charge in [-0.3, -0.25) is 9.59 Å². The Hall–Kier alpha value is -2.34. The summed E-state index contributed by atoms with van der Waals surface area (Å²) in [4.78, 5) is 24.4. The van der Waals surface area contributed by atoms with E-state index in [0.29, 0.717) is 24.3 Å². The molecule has 0 aliphatic rings. The van der Waals surface area contributed by atoms with E-state index in [1.807, 2.05) is 42.6 Å². The lowest BCUT2D eigenvalue weighted by atomic mass is 10.2. The van der Waals surface area contributed by atoms with Crippen LogP contribution in [-0.4, -0.2) is 24.5 Å². The molecule has 6 heteroatoms. The van der Waals surface area contributed by atoms with Crippen LogP contribution >= 0.6 is 11.3 Å². The summed E-state index contributed by atoms with van der Waals surface area (Å²) >= 11 is 1.40. The average Bonchev–Trinajstić information content (AvgIpc) is 3.15. The molecule has 0 aliphatic heterocycles. The Morgan fingerprint density at radius 2 is 1.96 bits per heavy atom. The second kappa shape index (κ2) is 9.84. The van der Waals surface area contributed by atoms with E-state index in [2.05, 4.69) is 17.6 Å². The van der Waals surface area contributed by atoms with E-state index in [9.17, 15) is 9.59 Å². The molecule has 0 saturated heterocycles. The zero-order valence-corrected chi connectivity index (χ0v) is 15.4. The Kier molecular flexibility index (Phi) is 7.47. The number of carbonyl (C=O) groups is 2. The summed E-state index contributed by atoms with van der Waals surface area (Å²) in [6.45, 7) is 4.57. The average molecular weight is 360 g/mol. The standard InChI is InChI=1S/C19H24N2O3S/c1-3-14(2)24-16-10-8-15(9-11-16)21-18(22)7-4-12-20-19(23)17-6-5-13-25-17/h5-6,8-11,13-14H,3-4,7,12H2,1-2H3,(H,20,23)(H,21,22). The molecule has 2 rings (SSSR count). The monoisotopic (exact) mass is 360 g/mol. The molecule has 5 nitrogen and oxygen atoms in total. The molecule has 0 saturated carbocycles. The van der Waals surface area contributed by atoms with Gasteiger partial charge in [-0.1, -0.05) is 13.0 Å². The lowest BCUT2D eigenvalue weighted by molar-refractivity contribution is -0.116. The minimum Gasteiger partial charge on any atom is -0.491 e. The number of rotatable bonds is 9. The number of amides is 2. The smallest absolute Gasteiger partial charge is 0.261 e. The lowest BCUT2D eigenvalue weighted by Gasteiger charge is -2.13. The molecule has 1 heterocycles. The van der Waals surface area contributed by atoms with Crippen LogP contribution in [0.1, 0.15) is 42.8 Å². The van der Waals surface area contributed by atoms with Crippen molar-refractivity contribution in [1.29, 1.82) is 0 Å². The topological polar surface area (TPSA) is 67.4 Å². The highest BCUT2D eigenvalue weighted by molar-refractivity contribution is 7.12. The van der Waals surface area contributed by atoms with Crippen LogP contribution in [0, 0.1) is 0 Å². The van der Waals surface area contributed by atoms with Gasteiger partial charge < -0.3 is 15.4 Å². The second-order valence-electron chi connectivity index (χ2n) is 5.75. The van der Waals surface area contributed by atoms with E-state index in [1.54, 1.807) is 6.07 Å². The van der Waals surface area contributed by atoms with Crippen LogP contribution in [0.15, 0.2) is 41.8 Å². The van der Waals surface area contributed by atoms with Gasteiger partial charge in [0.05, 0.1) is 11.0 Å².